The van der Waals surface area contributed by atoms with Crippen LogP contribution < -0.4 is 0 Å². The lowest BCUT2D eigenvalue weighted by molar-refractivity contribution is -0.488. The molecule has 0 aromatic heterocycles. The van der Waals surface area contributed by atoms with Gasteiger partial charge >= 0.3 is 5.97 Å². The van der Waals surface area contributed by atoms with Gasteiger partial charge in [-0.15, -0.1) is 0 Å². The molecule has 0 fully saturated rings. The van der Waals surface area contributed by atoms with Gasteiger partial charge in [-0.2, -0.15) is 0 Å². The fourth-order valence-corrected chi connectivity index (χ4v) is 1.62. The Labute approximate surface area is 96.3 Å². The van der Waals surface area contributed by atoms with E-state index in [-0.39, 0.29) is 29.8 Å². The van der Waals surface area contributed by atoms with Crippen LogP contribution in [0.5, 0.6) is 0 Å². The van der Waals surface area contributed by atoms with E-state index in [4.69, 9.17) is 4.74 Å². The molecule has 0 spiro atoms. The summed E-state index contributed by atoms with van der Waals surface area (Å²) in [5.41, 5.74) is 0. The van der Waals surface area contributed by atoms with Gasteiger partial charge < -0.3 is 4.74 Å². The van der Waals surface area contributed by atoms with E-state index in [9.17, 15) is 14.9 Å². The highest BCUT2D eigenvalue weighted by Gasteiger charge is 2.21. The van der Waals surface area contributed by atoms with Crippen LogP contribution in [-0.4, -0.2) is 24.0 Å². The van der Waals surface area contributed by atoms with Crippen LogP contribution >= 0.6 is 0 Å². The summed E-state index contributed by atoms with van der Waals surface area (Å²) < 4.78 is 4.81. The monoisotopic (exact) mass is 231 g/mol. The molecule has 0 aliphatic carbocycles. The molecule has 0 radical (unpaired) electrons. The first-order chi connectivity index (χ1) is 7.49. The Bertz CT molecular complexity index is 230. The molecule has 0 heterocycles. The van der Waals surface area contributed by atoms with Gasteiger partial charge in [-0.05, 0) is 19.3 Å². The Morgan fingerprint density at radius 2 is 2.06 bits per heavy atom. The Kier molecular flexibility index (Phi) is 7.50. The highest BCUT2D eigenvalue weighted by atomic mass is 16.6. The summed E-state index contributed by atoms with van der Waals surface area (Å²) in [6.45, 7) is 5.99. The quantitative estimate of drug-likeness (QED) is 0.365. The van der Waals surface area contributed by atoms with Gasteiger partial charge in [0.2, 0.25) is 6.54 Å². The number of ether oxygens (including phenoxy) is 1. The number of carbonyl (C=O) groups is 1. The van der Waals surface area contributed by atoms with Gasteiger partial charge in [0.25, 0.3) is 0 Å². The van der Waals surface area contributed by atoms with E-state index in [1.165, 1.54) is 0 Å². The van der Waals surface area contributed by atoms with Crippen LogP contribution in [0.4, 0.5) is 0 Å². The maximum absolute atomic E-state index is 11.3. The first-order valence-corrected chi connectivity index (χ1v) is 5.76. The molecule has 0 amide bonds. The number of rotatable bonds is 8. The SMILES string of the molecule is CCOC(=O)CC(CC(C)CC)C[N+](=O)[O-]. The van der Waals surface area contributed by atoms with Gasteiger partial charge in [-0.3, -0.25) is 14.9 Å². The fourth-order valence-electron chi connectivity index (χ4n) is 1.62. The second-order valence-electron chi connectivity index (χ2n) is 4.14. The topological polar surface area (TPSA) is 69.4 Å². The van der Waals surface area contributed by atoms with Crippen molar-refractivity contribution < 1.29 is 14.5 Å². The van der Waals surface area contributed by atoms with Crippen LogP contribution in [0.25, 0.3) is 0 Å². The average Bonchev–Trinajstić information content (AvgIpc) is 2.16. The van der Waals surface area contributed by atoms with Crippen molar-refractivity contribution >= 4 is 5.97 Å². The number of esters is 1. The molecular weight excluding hydrogens is 210 g/mol. The Hall–Kier alpha value is -1.13. The van der Waals surface area contributed by atoms with Crippen molar-refractivity contribution in [2.24, 2.45) is 11.8 Å². The van der Waals surface area contributed by atoms with Crippen LogP contribution in [0.2, 0.25) is 0 Å². The van der Waals surface area contributed by atoms with Gasteiger partial charge in [0, 0.05) is 10.8 Å². The lowest BCUT2D eigenvalue weighted by Crippen LogP contribution is -2.21. The van der Waals surface area contributed by atoms with Gasteiger partial charge in [0.15, 0.2) is 0 Å². The van der Waals surface area contributed by atoms with Gasteiger partial charge in [-0.1, -0.05) is 20.3 Å². The summed E-state index contributed by atoms with van der Waals surface area (Å²) in [7, 11) is 0. The number of hydrogen-bond donors (Lipinski definition) is 0. The number of nitro groups is 1. The fraction of sp³-hybridized carbons (Fsp3) is 0.909. The van der Waals surface area contributed by atoms with Crippen molar-refractivity contribution in [3.05, 3.63) is 10.1 Å². The third-order valence-electron chi connectivity index (χ3n) is 2.60. The molecule has 0 saturated carbocycles. The molecule has 0 saturated heterocycles. The molecule has 2 unspecified atom stereocenters. The smallest absolute Gasteiger partial charge is 0.306 e. The Morgan fingerprint density at radius 1 is 1.44 bits per heavy atom. The van der Waals surface area contributed by atoms with Crippen LogP contribution in [0, 0.1) is 22.0 Å². The third kappa shape index (κ3) is 7.20. The van der Waals surface area contributed by atoms with Gasteiger partial charge in [-0.25, -0.2) is 0 Å². The second-order valence-corrected chi connectivity index (χ2v) is 4.14. The predicted molar refractivity (Wildman–Crippen MR) is 60.7 cm³/mol. The Balaban J connectivity index is 4.19. The Morgan fingerprint density at radius 3 is 2.50 bits per heavy atom. The summed E-state index contributed by atoms with van der Waals surface area (Å²) in [4.78, 5) is 21.4. The number of hydrogen-bond acceptors (Lipinski definition) is 4. The molecule has 94 valence electrons. The van der Waals surface area contributed by atoms with E-state index in [0.29, 0.717) is 18.9 Å². The highest BCUT2D eigenvalue weighted by Crippen LogP contribution is 2.19. The molecule has 2 atom stereocenters. The van der Waals surface area contributed by atoms with E-state index in [1.807, 2.05) is 13.8 Å². The normalized spacial score (nSPS) is 14.2. The first kappa shape index (κ1) is 14.9. The average molecular weight is 231 g/mol. The zero-order chi connectivity index (χ0) is 12.6. The molecule has 0 aliphatic heterocycles. The van der Waals surface area contributed by atoms with E-state index < -0.39 is 0 Å². The minimum Gasteiger partial charge on any atom is -0.466 e. The van der Waals surface area contributed by atoms with E-state index in [2.05, 4.69) is 0 Å². The minimum atomic E-state index is -0.355. The molecule has 5 heteroatoms. The van der Waals surface area contributed by atoms with Crippen LogP contribution in [0.1, 0.15) is 40.0 Å². The predicted octanol–water partition coefficient (Wildman–Crippen LogP) is 2.27. The molecule has 5 nitrogen and oxygen atoms in total. The summed E-state index contributed by atoms with van der Waals surface area (Å²) in [5.74, 6) is -0.138. The maximum Gasteiger partial charge on any atom is 0.306 e. The van der Waals surface area contributed by atoms with Crippen LogP contribution in [-0.2, 0) is 9.53 Å². The van der Waals surface area contributed by atoms with E-state index in [0.717, 1.165) is 6.42 Å². The highest BCUT2D eigenvalue weighted by molar-refractivity contribution is 5.69. The summed E-state index contributed by atoms with van der Waals surface area (Å²) in [6.07, 6.45) is 1.83. The molecule has 0 aliphatic rings. The lowest BCUT2D eigenvalue weighted by Gasteiger charge is -2.15. The van der Waals surface area contributed by atoms with E-state index >= 15 is 0 Å². The largest absolute Gasteiger partial charge is 0.466 e. The van der Waals surface area contributed by atoms with Crippen molar-refractivity contribution in [1.82, 2.24) is 0 Å². The summed E-state index contributed by atoms with van der Waals surface area (Å²) in [6, 6.07) is 0. The molecule has 0 N–H and O–H groups in total. The number of nitrogens with zero attached hydrogens (tertiary/aromatic N) is 1. The van der Waals surface area contributed by atoms with Crippen molar-refractivity contribution in [1.29, 1.82) is 0 Å². The van der Waals surface area contributed by atoms with Crippen LogP contribution in [0.3, 0.4) is 0 Å². The van der Waals surface area contributed by atoms with Crippen LogP contribution in [0.15, 0.2) is 0 Å². The zero-order valence-electron chi connectivity index (χ0n) is 10.3. The van der Waals surface area contributed by atoms with Crippen molar-refractivity contribution in [3.63, 3.8) is 0 Å². The van der Waals surface area contributed by atoms with Crippen molar-refractivity contribution in [2.75, 3.05) is 13.2 Å². The van der Waals surface area contributed by atoms with Gasteiger partial charge in [0.05, 0.1) is 13.0 Å². The minimum absolute atomic E-state index is 0.150. The van der Waals surface area contributed by atoms with E-state index in [1.54, 1.807) is 6.92 Å². The first-order valence-electron chi connectivity index (χ1n) is 5.76. The molecule has 0 aromatic rings. The molecule has 16 heavy (non-hydrogen) atoms. The number of carbonyl (C=O) groups excluding carboxylic acids is 1. The molecule has 0 bridgehead atoms. The molecule has 0 aromatic carbocycles. The summed E-state index contributed by atoms with van der Waals surface area (Å²) >= 11 is 0. The lowest BCUT2D eigenvalue weighted by atomic mass is 9.91. The summed E-state index contributed by atoms with van der Waals surface area (Å²) in [5, 5.41) is 10.5. The molecular formula is C11H21NO4. The standard InChI is InChI=1S/C11H21NO4/c1-4-9(3)6-10(8-12(14)15)7-11(13)16-5-2/h9-10H,4-8H2,1-3H3. The zero-order valence-corrected chi connectivity index (χ0v) is 10.3. The van der Waals surface area contributed by atoms with Gasteiger partial charge in [0.1, 0.15) is 0 Å². The second kappa shape index (κ2) is 8.07. The third-order valence-corrected chi connectivity index (χ3v) is 2.60. The maximum atomic E-state index is 11.3. The van der Waals surface area contributed by atoms with Crippen molar-refractivity contribution in [2.45, 2.75) is 40.0 Å². The van der Waals surface area contributed by atoms with Crippen molar-refractivity contribution in [3.8, 4) is 0 Å². The molecule has 0 rings (SSSR count).